The van der Waals surface area contributed by atoms with Crippen LogP contribution in [0.25, 0.3) is 10.9 Å². The maximum absolute atomic E-state index is 5.59. The monoisotopic (exact) mass is 257 g/mol. The van der Waals surface area contributed by atoms with Gasteiger partial charge in [0.05, 0.1) is 0 Å². The van der Waals surface area contributed by atoms with Gasteiger partial charge in [0.25, 0.3) is 0 Å². The van der Waals surface area contributed by atoms with Crippen LogP contribution in [0.2, 0.25) is 0 Å². The molecule has 1 aromatic carbocycles. The molecule has 2 heterocycles. The number of aromatic nitrogens is 1. The second-order valence-electron chi connectivity index (χ2n) is 5.56. The smallest absolute Gasteiger partial charge is 0.0489 e. The van der Waals surface area contributed by atoms with Gasteiger partial charge in [-0.1, -0.05) is 24.6 Å². The van der Waals surface area contributed by atoms with E-state index < -0.39 is 0 Å². The van der Waals surface area contributed by atoms with Gasteiger partial charge in [0.2, 0.25) is 0 Å². The van der Waals surface area contributed by atoms with Gasteiger partial charge in [-0.15, -0.1) is 0 Å². The first kappa shape index (κ1) is 12.7. The number of aryl methyl sites for hydroxylation is 1. The van der Waals surface area contributed by atoms with Gasteiger partial charge in [-0.3, -0.25) is 0 Å². The first-order chi connectivity index (χ1) is 9.31. The number of unbranched alkanes of at least 4 members (excludes halogenated alkanes) is 1. The summed E-state index contributed by atoms with van der Waals surface area (Å²) in [7, 11) is 0. The van der Waals surface area contributed by atoms with Crippen molar-refractivity contribution in [2.45, 2.75) is 38.6 Å². The van der Waals surface area contributed by atoms with Crippen molar-refractivity contribution in [3.63, 3.8) is 0 Å². The predicted molar refractivity (Wildman–Crippen MR) is 80.4 cm³/mol. The first-order valence-corrected chi connectivity index (χ1v) is 7.34. The molecule has 3 heteroatoms. The third kappa shape index (κ3) is 2.28. The largest absolute Gasteiger partial charge is 0.357 e. The number of hydrogen-bond donors (Lipinski definition) is 3. The molecule has 19 heavy (non-hydrogen) atoms. The zero-order chi connectivity index (χ0) is 13.2. The van der Waals surface area contributed by atoms with E-state index in [2.05, 4.69) is 35.4 Å². The third-order valence-corrected chi connectivity index (χ3v) is 4.24. The minimum absolute atomic E-state index is 0.474. The highest BCUT2D eigenvalue weighted by Gasteiger charge is 2.23. The van der Waals surface area contributed by atoms with Gasteiger partial charge >= 0.3 is 0 Å². The van der Waals surface area contributed by atoms with Crippen LogP contribution in [-0.2, 0) is 6.42 Å². The molecule has 1 aliphatic rings. The number of fused-ring (bicyclic) bond motifs is 3. The van der Waals surface area contributed by atoms with E-state index in [0.29, 0.717) is 6.04 Å². The van der Waals surface area contributed by atoms with Crippen LogP contribution in [0.3, 0.4) is 0 Å². The molecule has 102 valence electrons. The average Bonchev–Trinajstić information content (AvgIpc) is 2.80. The molecule has 0 aliphatic carbocycles. The fraction of sp³-hybridized carbons (Fsp3) is 0.500. The molecule has 0 radical (unpaired) electrons. The Hall–Kier alpha value is -1.32. The summed E-state index contributed by atoms with van der Waals surface area (Å²) in [5, 5.41) is 5.06. The van der Waals surface area contributed by atoms with E-state index in [0.717, 1.165) is 25.9 Å². The summed E-state index contributed by atoms with van der Waals surface area (Å²) in [6.07, 6.45) is 4.62. The Morgan fingerprint density at radius 3 is 3.05 bits per heavy atom. The number of H-pyrrole nitrogens is 1. The van der Waals surface area contributed by atoms with Gasteiger partial charge in [0.1, 0.15) is 0 Å². The lowest BCUT2D eigenvalue weighted by molar-refractivity contribution is 0.451. The van der Waals surface area contributed by atoms with Crippen LogP contribution in [-0.4, -0.2) is 18.1 Å². The van der Waals surface area contributed by atoms with E-state index in [4.69, 9.17) is 5.73 Å². The fourth-order valence-corrected chi connectivity index (χ4v) is 3.22. The Morgan fingerprint density at radius 2 is 2.21 bits per heavy atom. The molecule has 1 atom stereocenters. The fourth-order valence-electron chi connectivity index (χ4n) is 3.22. The van der Waals surface area contributed by atoms with E-state index in [1.807, 2.05) is 0 Å². The second-order valence-corrected chi connectivity index (χ2v) is 5.56. The molecular formula is C16H23N3. The zero-order valence-corrected chi connectivity index (χ0v) is 11.6. The molecule has 1 aromatic heterocycles. The normalized spacial score (nSPS) is 18.7. The number of para-hydroxylation sites is 1. The molecule has 0 bridgehead atoms. The summed E-state index contributed by atoms with van der Waals surface area (Å²) in [6.45, 7) is 4.06. The van der Waals surface area contributed by atoms with E-state index in [-0.39, 0.29) is 0 Å². The molecule has 1 unspecified atom stereocenters. The molecule has 3 rings (SSSR count). The topological polar surface area (TPSA) is 53.8 Å². The highest BCUT2D eigenvalue weighted by atomic mass is 15.0. The Morgan fingerprint density at radius 1 is 1.32 bits per heavy atom. The van der Waals surface area contributed by atoms with Crippen LogP contribution in [0.15, 0.2) is 18.2 Å². The number of hydrogen-bond acceptors (Lipinski definition) is 2. The van der Waals surface area contributed by atoms with Crippen LogP contribution < -0.4 is 11.1 Å². The number of rotatable bonds is 4. The van der Waals surface area contributed by atoms with Gasteiger partial charge in [-0.05, 0) is 50.4 Å². The second kappa shape index (κ2) is 5.35. The summed E-state index contributed by atoms with van der Waals surface area (Å²) in [5.74, 6) is 0. The molecule has 2 aromatic rings. The molecule has 0 saturated carbocycles. The maximum Gasteiger partial charge on any atom is 0.0489 e. The van der Waals surface area contributed by atoms with Crippen molar-refractivity contribution < 1.29 is 0 Å². The molecule has 3 nitrogen and oxygen atoms in total. The van der Waals surface area contributed by atoms with Gasteiger partial charge in [-0.25, -0.2) is 0 Å². The van der Waals surface area contributed by atoms with Crippen LogP contribution in [0.4, 0.5) is 0 Å². The van der Waals surface area contributed by atoms with Gasteiger partial charge < -0.3 is 16.0 Å². The van der Waals surface area contributed by atoms with Crippen LogP contribution >= 0.6 is 0 Å². The number of nitrogens with one attached hydrogen (secondary N) is 2. The summed E-state index contributed by atoms with van der Waals surface area (Å²) < 4.78 is 0. The van der Waals surface area contributed by atoms with Crippen molar-refractivity contribution in [2.24, 2.45) is 5.73 Å². The highest BCUT2D eigenvalue weighted by molar-refractivity contribution is 5.87. The Balaban J connectivity index is 1.95. The van der Waals surface area contributed by atoms with Crippen molar-refractivity contribution in [3.8, 4) is 0 Å². The van der Waals surface area contributed by atoms with Crippen molar-refractivity contribution in [3.05, 3.63) is 35.0 Å². The third-order valence-electron chi connectivity index (χ3n) is 4.24. The summed E-state index contributed by atoms with van der Waals surface area (Å²) in [4.78, 5) is 3.67. The van der Waals surface area contributed by atoms with Gasteiger partial charge in [-0.2, -0.15) is 0 Å². The molecule has 0 spiro atoms. The van der Waals surface area contributed by atoms with Crippen LogP contribution in [0.1, 0.15) is 42.1 Å². The SMILES string of the molecule is Cc1cccc2c3c([nH]c12)C(CCCCN)NCC3. The minimum Gasteiger partial charge on any atom is -0.357 e. The number of nitrogens with two attached hydrogens (primary N) is 1. The zero-order valence-electron chi connectivity index (χ0n) is 11.6. The van der Waals surface area contributed by atoms with Crippen molar-refractivity contribution in [2.75, 3.05) is 13.1 Å². The quantitative estimate of drug-likeness (QED) is 0.738. The Labute approximate surface area is 114 Å². The van der Waals surface area contributed by atoms with Gasteiger partial charge in [0.15, 0.2) is 0 Å². The molecular weight excluding hydrogens is 234 g/mol. The first-order valence-electron chi connectivity index (χ1n) is 7.34. The van der Waals surface area contributed by atoms with E-state index in [1.54, 1.807) is 0 Å². The Kier molecular flexibility index (Phi) is 3.58. The minimum atomic E-state index is 0.474. The summed E-state index contributed by atoms with van der Waals surface area (Å²) in [5.41, 5.74) is 11.2. The van der Waals surface area contributed by atoms with Crippen molar-refractivity contribution in [1.82, 2.24) is 10.3 Å². The lowest BCUT2D eigenvalue weighted by Crippen LogP contribution is -2.29. The van der Waals surface area contributed by atoms with E-state index >= 15 is 0 Å². The van der Waals surface area contributed by atoms with E-state index in [1.165, 1.54) is 40.6 Å². The Bertz CT molecular complexity index is 571. The van der Waals surface area contributed by atoms with Crippen molar-refractivity contribution in [1.29, 1.82) is 0 Å². The molecule has 0 amide bonds. The molecule has 4 N–H and O–H groups in total. The maximum atomic E-state index is 5.59. The van der Waals surface area contributed by atoms with Crippen LogP contribution in [0.5, 0.6) is 0 Å². The highest BCUT2D eigenvalue weighted by Crippen LogP contribution is 2.33. The molecule has 0 fully saturated rings. The lowest BCUT2D eigenvalue weighted by atomic mass is 9.95. The predicted octanol–water partition coefficient (Wildman–Crippen LogP) is 2.79. The number of aromatic amines is 1. The average molecular weight is 257 g/mol. The van der Waals surface area contributed by atoms with Crippen LogP contribution in [0, 0.1) is 6.92 Å². The van der Waals surface area contributed by atoms with Gasteiger partial charge in [0, 0.05) is 22.6 Å². The van der Waals surface area contributed by atoms with E-state index in [9.17, 15) is 0 Å². The van der Waals surface area contributed by atoms with Crippen molar-refractivity contribution >= 4 is 10.9 Å². The standard InChI is InChI=1S/C16H23N3/c1-11-5-4-6-12-13-8-10-18-14(7-2-3-9-17)16(13)19-15(11)12/h4-6,14,18-19H,2-3,7-10,17H2,1H3. The lowest BCUT2D eigenvalue weighted by Gasteiger charge is -2.24. The molecule has 0 saturated heterocycles. The summed E-state index contributed by atoms with van der Waals surface area (Å²) in [6, 6.07) is 7.07. The number of benzene rings is 1. The molecule has 1 aliphatic heterocycles. The summed E-state index contributed by atoms with van der Waals surface area (Å²) >= 11 is 0.